The molecule has 0 unspecified atom stereocenters. The standard InChI is InChI=1S/C23H21FN6O/c1-2-29(14-15-30-13-10-21(28-30)20-9-8-17(24)16-27-20)23(31)19-7-4-3-6-18(19)22-25-11-5-12-26-22/h3-13,16H,2,14-15H2,1H3. The first-order chi connectivity index (χ1) is 15.2. The summed E-state index contributed by atoms with van der Waals surface area (Å²) >= 11 is 0. The molecule has 0 aliphatic heterocycles. The molecule has 0 spiro atoms. The summed E-state index contributed by atoms with van der Waals surface area (Å²) in [7, 11) is 0. The van der Waals surface area contributed by atoms with Gasteiger partial charge in [0.05, 0.1) is 24.0 Å². The van der Waals surface area contributed by atoms with Crippen LogP contribution < -0.4 is 0 Å². The van der Waals surface area contributed by atoms with Crippen molar-refractivity contribution in [1.29, 1.82) is 0 Å². The van der Waals surface area contributed by atoms with Gasteiger partial charge >= 0.3 is 0 Å². The van der Waals surface area contributed by atoms with E-state index < -0.39 is 0 Å². The summed E-state index contributed by atoms with van der Waals surface area (Å²) in [6, 6.07) is 13.9. The maximum atomic E-state index is 13.2. The van der Waals surface area contributed by atoms with Gasteiger partial charge in [0.1, 0.15) is 11.5 Å². The molecule has 8 heteroatoms. The Balaban J connectivity index is 1.48. The molecule has 7 nitrogen and oxygen atoms in total. The maximum absolute atomic E-state index is 13.2. The van der Waals surface area contributed by atoms with E-state index in [2.05, 4.69) is 20.1 Å². The molecule has 0 N–H and O–H groups in total. The number of likely N-dealkylation sites (N-methyl/N-ethyl adjacent to an activating group) is 1. The van der Waals surface area contributed by atoms with E-state index in [9.17, 15) is 9.18 Å². The minimum Gasteiger partial charge on any atom is -0.337 e. The van der Waals surface area contributed by atoms with Crippen molar-refractivity contribution in [1.82, 2.24) is 29.6 Å². The topological polar surface area (TPSA) is 76.8 Å². The van der Waals surface area contributed by atoms with Crippen molar-refractivity contribution in [3.63, 3.8) is 0 Å². The van der Waals surface area contributed by atoms with E-state index in [0.717, 1.165) is 0 Å². The SMILES string of the molecule is CCN(CCn1ccc(-c2ccc(F)cn2)n1)C(=O)c1ccccc1-c1ncccn1. The fourth-order valence-electron chi connectivity index (χ4n) is 3.25. The Labute approximate surface area is 179 Å². The molecular formula is C23H21FN6O. The first-order valence-corrected chi connectivity index (χ1v) is 9.97. The predicted octanol–water partition coefficient (Wildman–Crippen LogP) is 3.70. The number of carbonyl (C=O) groups is 1. The Morgan fingerprint density at radius 3 is 2.55 bits per heavy atom. The lowest BCUT2D eigenvalue weighted by molar-refractivity contribution is 0.0758. The van der Waals surface area contributed by atoms with E-state index in [4.69, 9.17) is 0 Å². The first kappa shape index (κ1) is 20.3. The van der Waals surface area contributed by atoms with E-state index >= 15 is 0 Å². The molecule has 0 saturated carbocycles. The Morgan fingerprint density at radius 1 is 1.00 bits per heavy atom. The van der Waals surface area contributed by atoms with Crippen LogP contribution in [0.5, 0.6) is 0 Å². The molecule has 0 saturated heterocycles. The minimum atomic E-state index is -0.388. The summed E-state index contributed by atoms with van der Waals surface area (Å²) in [5.41, 5.74) is 2.52. The van der Waals surface area contributed by atoms with Gasteiger partial charge in [-0.3, -0.25) is 14.5 Å². The van der Waals surface area contributed by atoms with Crippen LogP contribution in [0.25, 0.3) is 22.8 Å². The molecule has 0 atom stereocenters. The van der Waals surface area contributed by atoms with Crippen molar-refractivity contribution < 1.29 is 9.18 Å². The number of carbonyl (C=O) groups excluding carboxylic acids is 1. The zero-order chi connectivity index (χ0) is 21.6. The number of amides is 1. The van der Waals surface area contributed by atoms with Crippen molar-refractivity contribution in [3.8, 4) is 22.8 Å². The Kier molecular flexibility index (Phi) is 6.07. The summed E-state index contributed by atoms with van der Waals surface area (Å²) in [5, 5.41) is 4.49. The third-order valence-corrected chi connectivity index (χ3v) is 4.86. The number of aromatic nitrogens is 5. The molecule has 3 heterocycles. The molecule has 0 aliphatic rings. The molecule has 0 bridgehead atoms. The molecule has 4 rings (SSSR count). The smallest absolute Gasteiger partial charge is 0.254 e. The number of benzene rings is 1. The lowest BCUT2D eigenvalue weighted by atomic mass is 10.1. The van der Waals surface area contributed by atoms with Crippen molar-refractivity contribution >= 4 is 5.91 Å². The van der Waals surface area contributed by atoms with Gasteiger partial charge in [0.15, 0.2) is 5.82 Å². The lowest BCUT2D eigenvalue weighted by Crippen LogP contribution is -2.34. The summed E-state index contributed by atoms with van der Waals surface area (Å²) < 4.78 is 14.8. The van der Waals surface area contributed by atoms with Gasteiger partial charge in [0, 0.05) is 37.2 Å². The van der Waals surface area contributed by atoms with E-state index in [1.54, 1.807) is 40.2 Å². The normalized spacial score (nSPS) is 10.8. The van der Waals surface area contributed by atoms with Gasteiger partial charge in [0.25, 0.3) is 5.91 Å². The second-order valence-electron chi connectivity index (χ2n) is 6.83. The second-order valence-corrected chi connectivity index (χ2v) is 6.83. The van der Waals surface area contributed by atoms with Crippen LogP contribution in [-0.4, -0.2) is 48.6 Å². The molecule has 156 valence electrons. The average Bonchev–Trinajstić information content (AvgIpc) is 3.29. The number of hydrogen-bond donors (Lipinski definition) is 0. The molecule has 31 heavy (non-hydrogen) atoms. The lowest BCUT2D eigenvalue weighted by Gasteiger charge is -2.22. The fourth-order valence-corrected chi connectivity index (χ4v) is 3.25. The van der Waals surface area contributed by atoms with E-state index in [0.29, 0.717) is 48.0 Å². The third-order valence-electron chi connectivity index (χ3n) is 4.86. The Hall–Kier alpha value is -3.94. The van der Waals surface area contributed by atoms with Gasteiger partial charge in [-0.25, -0.2) is 14.4 Å². The summed E-state index contributed by atoms with van der Waals surface area (Å²) in [5.74, 6) is 0.0469. The predicted molar refractivity (Wildman–Crippen MR) is 114 cm³/mol. The van der Waals surface area contributed by atoms with Crippen LogP contribution in [0.2, 0.25) is 0 Å². The zero-order valence-corrected chi connectivity index (χ0v) is 17.0. The van der Waals surface area contributed by atoms with Gasteiger partial charge in [-0.15, -0.1) is 0 Å². The zero-order valence-electron chi connectivity index (χ0n) is 17.0. The Morgan fingerprint density at radius 2 is 1.81 bits per heavy atom. The highest BCUT2D eigenvalue weighted by atomic mass is 19.1. The van der Waals surface area contributed by atoms with Crippen LogP contribution in [0.3, 0.4) is 0 Å². The van der Waals surface area contributed by atoms with Crippen molar-refractivity contribution in [3.05, 3.63) is 84.7 Å². The summed E-state index contributed by atoms with van der Waals surface area (Å²) in [4.78, 5) is 27.6. The number of nitrogens with zero attached hydrogens (tertiary/aromatic N) is 6. The molecular weight excluding hydrogens is 395 g/mol. The fraction of sp³-hybridized carbons (Fsp3) is 0.174. The van der Waals surface area contributed by atoms with Gasteiger partial charge in [-0.1, -0.05) is 18.2 Å². The van der Waals surface area contributed by atoms with Crippen LogP contribution in [0, 0.1) is 5.82 Å². The summed E-state index contributed by atoms with van der Waals surface area (Å²) in [6.45, 7) is 3.50. The maximum Gasteiger partial charge on any atom is 0.254 e. The van der Waals surface area contributed by atoms with Crippen molar-refractivity contribution in [2.45, 2.75) is 13.5 Å². The van der Waals surface area contributed by atoms with Crippen LogP contribution in [-0.2, 0) is 6.54 Å². The molecule has 1 amide bonds. The molecule has 0 radical (unpaired) electrons. The van der Waals surface area contributed by atoms with Gasteiger partial charge in [-0.05, 0) is 37.3 Å². The van der Waals surface area contributed by atoms with Crippen LogP contribution in [0.15, 0.2) is 73.3 Å². The van der Waals surface area contributed by atoms with Gasteiger partial charge in [-0.2, -0.15) is 5.10 Å². The first-order valence-electron chi connectivity index (χ1n) is 9.97. The largest absolute Gasteiger partial charge is 0.337 e. The van der Waals surface area contributed by atoms with Crippen molar-refractivity contribution in [2.75, 3.05) is 13.1 Å². The van der Waals surface area contributed by atoms with Crippen LogP contribution in [0.1, 0.15) is 17.3 Å². The third kappa shape index (κ3) is 4.63. The molecule has 0 aliphatic carbocycles. The highest BCUT2D eigenvalue weighted by Crippen LogP contribution is 2.21. The quantitative estimate of drug-likeness (QED) is 0.459. The van der Waals surface area contributed by atoms with E-state index in [1.165, 1.54) is 12.3 Å². The number of rotatable bonds is 7. The molecule has 1 aromatic carbocycles. The highest BCUT2D eigenvalue weighted by Gasteiger charge is 2.19. The summed E-state index contributed by atoms with van der Waals surface area (Å²) in [6.07, 6.45) is 6.31. The highest BCUT2D eigenvalue weighted by molar-refractivity contribution is 6.00. The van der Waals surface area contributed by atoms with Crippen molar-refractivity contribution in [2.24, 2.45) is 0 Å². The molecule has 4 aromatic rings. The van der Waals surface area contributed by atoms with Crippen LogP contribution in [0.4, 0.5) is 4.39 Å². The van der Waals surface area contributed by atoms with Crippen LogP contribution >= 0.6 is 0 Å². The second kappa shape index (κ2) is 9.25. The Bertz CT molecular complexity index is 1160. The minimum absolute atomic E-state index is 0.0851. The number of halogens is 1. The average molecular weight is 416 g/mol. The monoisotopic (exact) mass is 416 g/mol. The van der Waals surface area contributed by atoms with E-state index in [-0.39, 0.29) is 11.7 Å². The van der Waals surface area contributed by atoms with Gasteiger partial charge in [0.2, 0.25) is 0 Å². The molecule has 0 fully saturated rings. The van der Waals surface area contributed by atoms with Gasteiger partial charge < -0.3 is 4.90 Å². The number of hydrogen-bond acceptors (Lipinski definition) is 5. The van der Waals surface area contributed by atoms with E-state index in [1.807, 2.05) is 37.4 Å². The molecule has 3 aromatic heterocycles. The number of pyridine rings is 1.